The van der Waals surface area contributed by atoms with Crippen LogP contribution in [0.1, 0.15) is 52.4 Å². The van der Waals surface area contributed by atoms with Gasteiger partial charge in [-0.1, -0.05) is 26.7 Å². The lowest BCUT2D eigenvalue weighted by molar-refractivity contribution is -0.144. The predicted molar refractivity (Wildman–Crippen MR) is 75.1 cm³/mol. The van der Waals surface area contributed by atoms with Crippen LogP contribution >= 0.6 is 0 Å². The van der Waals surface area contributed by atoms with E-state index in [4.69, 9.17) is 0 Å². The maximum absolute atomic E-state index is 12.8. The molecular weight excluding hydrogens is 254 g/mol. The van der Waals surface area contributed by atoms with Crippen molar-refractivity contribution in [2.45, 2.75) is 58.4 Å². The van der Waals surface area contributed by atoms with Gasteiger partial charge in [-0.2, -0.15) is 0 Å². The molecule has 4 atom stereocenters. The summed E-state index contributed by atoms with van der Waals surface area (Å²) in [5, 5.41) is 9.27. The van der Waals surface area contributed by atoms with Gasteiger partial charge < -0.3 is 10.0 Å². The Morgan fingerprint density at radius 2 is 1.70 bits per heavy atom. The van der Waals surface area contributed by atoms with Gasteiger partial charge in [-0.05, 0) is 37.0 Å². The summed E-state index contributed by atoms with van der Waals surface area (Å²) >= 11 is 0. The summed E-state index contributed by atoms with van der Waals surface area (Å²) in [6, 6.07) is 0.385. The molecule has 1 amide bonds. The molecule has 0 aromatic heterocycles. The number of piperidine rings is 1. The van der Waals surface area contributed by atoms with E-state index in [2.05, 4.69) is 0 Å². The molecule has 1 N–H and O–H groups in total. The van der Waals surface area contributed by atoms with Gasteiger partial charge in [0.25, 0.3) is 0 Å². The van der Waals surface area contributed by atoms with Crippen LogP contribution in [0.15, 0.2) is 0 Å². The summed E-state index contributed by atoms with van der Waals surface area (Å²) in [4.78, 5) is 26.1. The highest BCUT2D eigenvalue weighted by molar-refractivity contribution is 5.91. The third-order valence-corrected chi connectivity index (χ3v) is 5.89. The average Bonchev–Trinajstić information content (AvgIpc) is 3.00. The molecule has 112 valence electrons. The van der Waals surface area contributed by atoms with E-state index in [1.165, 1.54) is 25.7 Å². The highest BCUT2D eigenvalue weighted by Crippen LogP contribution is 2.59. The maximum atomic E-state index is 12.8. The number of rotatable bonds is 2. The van der Waals surface area contributed by atoms with E-state index >= 15 is 0 Å². The molecule has 0 bridgehead atoms. The largest absolute Gasteiger partial charge is 0.481 e. The normalized spacial score (nSPS) is 39.0. The Hall–Kier alpha value is -1.06. The molecule has 3 fully saturated rings. The smallest absolute Gasteiger partial charge is 0.307 e. The van der Waals surface area contributed by atoms with Crippen LogP contribution in [-0.4, -0.2) is 34.5 Å². The molecule has 1 saturated heterocycles. The summed E-state index contributed by atoms with van der Waals surface area (Å²) in [7, 11) is 0. The molecule has 2 unspecified atom stereocenters. The number of carboxylic acids is 1. The van der Waals surface area contributed by atoms with Gasteiger partial charge in [0.15, 0.2) is 0 Å². The molecule has 2 saturated carbocycles. The van der Waals surface area contributed by atoms with Gasteiger partial charge in [0, 0.05) is 12.6 Å². The molecule has 20 heavy (non-hydrogen) atoms. The standard InChI is InChI=1S/C16H25NO3/c1-16(2)12(13(16)15(19)20)14(18)17-9-5-7-10-6-3-4-8-11(10)17/h10-13H,3-9H2,1-2H3,(H,19,20)/t10?,11?,12-,13+/m1/s1. The van der Waals surface area contributed by atoms with E-state index in [-0.39, 0.29) is 17.2 Å². The minimum absolute atomic E-state index is 0.110. The van der Waals surface area contributed by atoms with Crippen molar-refractivity contribution >= 4 is 11.9 Å². The van der Waals surface area contributed by atoms with Gasteiger partial charge in [0.1, 0.15) is 0 Å². The second-order valence-corrected chi connectivity index (χ2v) is 7.40. The van der Waals surface area contributed by atoms with Crippen molar-refractivity contribution in [1.82, 2.24) is 4.90 Å². The summed E-state index contributed by atoms with van der Waals surface area (Å²) < 4.78 is 0. The van der Waals surface area contributed by atoms with E-state index < -0.39 is 11.9 Å². The topological polar surface area (TPSA) is 57.6 Å². The fraction of sp³-hybridized carbons (Fsp3) is 0.875. The molecule has 3 aliphatic rings. The van der Waals surface area contributed by atoms with Gasteiger partial charge in [0.05, 0.1) is 11.8 Å². The first-order chi connectivity index (χ1) is 9.44. The molecule has 0 radical (unpaired) electrons. The number of carboxylic acid groups (broad SMARTS) is 1. The van der Waals surface area contributed by atoms with Crippen LogP contribution in [0, 0.1) is 23.2 Å². The van der Waals surface area contributed by atoms with Crippen LogP contribution in [0.25, 0.3) is 0 Å². The van der Waals surface area contributed by atoms with Crippen molar-refractivity contribution in [3.05, 3.63) is 0 Å². The Balaban J connectivity index is 1.75. The molecule has 1 heterocycles. The number of likely N-dealkylation sites (tertiary alicyclic amines) is 1. The number of amides is 1. The zero-order valence-electron chi connectivity index (χ0n) is 12.5. The fourth-order valence-corrected chi connectivity index (χ4v) is 4.64. The number of carbonyl (C=O) groups excluding carboxylic acids is 1. The minimum Gasteiger partial charge on any atom is -0.481 e. The Morgan fingerprint density at radius 3 is 2.35 bits per heavy atom. The second kappa shape index (κ2) is 4.74. The van der Waals surface area contributed by atoms with E-state index in [1.54, 1.807) is 0 Å². The lowest BCUT2D eigenvalue weighted by Gasteiger charge is -2.44. The van der Waals surface area contributed by atoms with Crippen molar-refractivity contribution < 1.29 is 14.7 Å². The Kier molecular flexibility index (Phi) is 3.30. The monoisotopic (exact) mass is 279 g/mol. The Labute approximate surface area is 120 Å². The minimum atomic E-state index is -0.814. The average molecular weight is 279 g/mol. The second-order valence-electron chi connectivity index (χ2n) is 7.40. The van der Waals surface area contributed by atoms with Crippen LogP contribution in [-0.2, 0) is 9.59 Å². The highest BCUT2D eigenvalue weighted by atomic mass is 16.4. The van der Waals surface area contributed by atoms with Crippen molar-refractivity contribution in [3.63, 3.8) is 0 Å². The molecule has 4 heteroatoms. The number of fused-ring (bicyclic) bond motifs is 1. The van der Waals surface area contributed by atoms with Crippen LogP contribution < -0.4 is 0 Å². The zero-order chi connectivity index (χ0) is 14.5. The highest BCUT2D eigenvalue weighted by Gasteiger charge is 2.67. The van der Waals surface area contributed by atoms with Crippen molar-refractivity contribution in [2.75, 3.05) is 6.54 Å². The van der Waals surface area contributed by atoms with Gasteiger partial charge >= 0.3 is 5.97 Å². The third-order valence-electron chi connectivity index (χ3n) is 5.89. The molecule has 4 nitrogen and oxygen atoms in total. The fourth-order valence-electron chi connectivity index (χ4n) is 4.64. The van der Waals surface area contributed by atoms with Crippen molar-refractivity contribution in [1.29, 1.82) is 0 Å². The first-order valence-corrected chi connectivity index (χ1v) is 7.98. The third kappa shape index (κ3) is 2.04. The number of hydrogen-bond acceptors (Lipinski definition) is 2. The van der Waals surface area contributed by atoms with Crippen LogP contribution in [0.5, 0.6) is 0 Å². The van der Waals surface area contributed by atoms with E-state index in [9.17, 15) is 14.7 Å². The van der Waals surface area contributed by atoms with Gasteiger partial charge in [-0.15, -0.1) is 0 Å². The van der Waals surface area contributed by atoms with Crippen molar-refractivity contribution in [3.8, 4) is 0 Å². The van der Waals surface area contributed by atoms with Crippen molar-refractivity contribution in [2.24, 2.45) is 23.2 Å². The van der Waals surface area contributed by atoms with Crippen LogP contribution in [0.2, 0.25) is 0 Å². The number of carbonyl (C=O) groups is 2. The van der Waals surface area contributed by atoms with Gasteiger partial charge in [-0.3, -0.25) is 9.59 Å². The van der Waals surface area contributed by atoms with Crippen LogP contribution in [0.3, 0.4) is 0 Å². The molecule has 0 aromatic rings. The Bertz CT molecular complexity index is 429. The molecule has 1 aliphatic heterocycles. The molecule has 0 aromatic carbocycles. The van der Waals surface area contributed by atoms with Gasteiger partial charge in [-0.25, -0.2) is 0 Å². The number of aliphatic carboxylic acids is 1. The zero-order valence-corrected chi connectivity index (χ0v) is 12.5. The maximum Gasteiger partial charge on any atom is 0.307 e. The molecular formula is C16H25NO3. The van der Waals surface area contributed by atoms with E-state index in [0.29, 0.717) is 12.0 Å². The summed E-state index contributed by atoms with van der Waals surface area (Å²) in [6.07, 6.45) is 7.17. The Morgan fingerprint density at radius 1 is 1.05 bits per heavy atom. The van der Waals surface area contributed by atoms with Gasteiger partial charge in [0.2, 0.25) is 5.91 Å². The number of nitrogens with zero attached hydrogens (tertiary/aromatic N) is 1. The summed E-state index contributed by atoms with van der Waals surface area (Å²) in [6.45, 7) is 4.66. The van der Waals surface area contributed by atoms with E-state index in [1.807, 2.05) is 18.7 Å². The first-order valence-electron chi connectivity index (χ1n) is 7.98. The lowest BCUT2D eigenvalue weighted by atomic mass is 9.78. The quantitative estimate of drug-likeness (QED) is 0.845. The molecule has 2 aliphatic carbocycles. The van der Waals surface area contributed by atoms with E-state index in [0.717, 1.165) is 19.4 Å². The summed E-state index contributed by atoms with van der Waals surface area (Å²) in [5.41, 5.74) is -0.371. The lowest BCUT2D eigenvalue weighted by Crippen LogP contribution is -2.50. The van der Waals surface area contributed by atoms with Crippen LogP contribution in [0.4, 0.5) is 0 Å². The predicted octanol–water partition coefficient (Wildman–Crippen LogP) is 2.52. The number of hydrogen-bond donors (Lipinski definition) is 1. The first kappa shape index (κ1) is 13.9. The SMILES string of the molecule is CC1(C)[C@H](C(=O)O)[C@@H]1C(=O)N1CCCC2CCCCC21. The molecule has 3 rings (SSSR count). The summed E-state index contributed by atoms with van der Waals surface area (Å²) in [5.74, 6) is -0.837. The molecule has 0 spiro atoms.